The first-order chi connectivity index (χ1) is 7.33. The summed E-state index contributed by atoms with van der Waals surface area (Å²) >= 11 is 5.54. The lowest BCUT2D eigenvalue weighted by Gasteiger charge is -2.22. The quantitative estimate of drug-likeness (QED) is 0.563. The number of carbonyl (C=O) groups excluding carboxylic acids is 1. The first kappa shape index (κ1) is 12.8. The summed E-state index contributed by atoms with van der Waals surface area (Å²) in [5.41, 5.74) is 0. The Hall–Kier alpha value is -0.280. The average Bonchev–Trinajstić information content (AvgIpc) is 2.28. The van der Waals surface area contributed by atoms with Crippen LogP contribution in [-0.2, 0) is 9.53 Å². The van der Waals surface area contributed by atoms with Crippen molar-refractivity contribution in [2.24, 2.45) is 5.92 Å². The summed E-state index contributed by atoms with van der Waals surface area (Å²) in [6, 6.07) is 0. The zero-order valence-electron chi connectivity index (χ0n) is 9.14. The van der Waals surface area contributed by atoms with E-state index in [1.807, 2.05) is 0 Å². The van der Waals surface area contributed by atoms with Crippen molar-refractivity contribution in [2.75, 3.05) is 25.6 Å². The molecule has 1 N–H and O–H groups in total. The number of nitrogens with one attached hydrogen (secondary N) is 1. The van der Waals surface area contributed by atoms with Crippen LogP contribution in [0.3, 0.4) is 0 Å². The van der Waals surface area contributed by atoms with Gasteiger partial charge in [0.2, 0.25) is 5.91 Å². The second-order valence-corrected chi connectivity index (χ2v) is 4.41. The van der Waals surface area contributed by atoms with Crippen molar-refractivity contribution < 1.29 is 9.53 Å². The maximum atomic E-state index is 11.4. The minimum Gasteiger partial charge on any atom is -0.381 e. The molecule has 88 valence electrons. The van der Waals surface area contributed by atoms with E-state index in [4.69, 9.17) is 16.3 Å². The highest BCUT2D eigenvalue weighted by molar-refractivity contribution is 6.17. The third-order valence-corrected chi connectivity index (χ3v) is 2.90. The summed E-state index contributed by atoms with van der Waals surface area (Å²) in [4.78, 5) is 11.4. The van der Waals surface area contributed by atoms with Crippen molar-refractivity contribution in [3.8, 4) is 0 Å². The average molecular weight is 234 g/mol. The van der Waals surface area contributed by atoms with E-state index in [-0.39, 0.29) is 5.91 Å². The molecule has 1 unspecified atom stereocenters. The summed E-state index contributed by atoms with van der Waals surface area (Å²) in [7, 11) is 0. The third kappa shape index (κ3) is 6.00. The molecular weight excluding hydrogens is 214 g/mol. The van der Waals surface area contributed by atoms with Crippen LogP contribution < -0.4 is 5.32 Å². The Morgan fingerprint density at radius 2 is 2.33 bits per heavy atom. The number of carbonyl (C=O) groups is 1. The normalized spacial score (nSPS) is 21.3. The van der Waals surface area contributed by atoms with Crippen LogP contribution in [-0.4, -0.2) is 31.5 Å². The molecule has 0 bridgehead atoms. The number of rotatable bonds is 6. The van der Waals surface area contributed by atoms with E-state index in [1.54, 1.807) is 0 Å². The molecule has 1 aliphatic rings. The number of hydrogen-bond donors (Lipinski definition) is 1. The molecule has 4 heteroatoms. The maximum Gasteiger partial charge on any atom is 0.220 e. The molecule has 1 rings (SSSR count). The van der Waals surface area contributed by atoms with Crippen molar-refractivity contribution in [1.29, 1.82) is 0 Å². The lowest BCUT2D eigenvalue weighted by Crippen LogP contribution is -2.33. The van der Waals surface area contributed by atoms with Crippen LogP contribution in [0.4, 0.5) is 0 Å². The molecule has 0 aromatic rings. The van der Waals surface area contributed by atoms with E-state index >= 15 is 0 Å². The maximum absolute atomic E-state index is 11.4. The van der Waals surface area contributed by atoms with Gasteiger partial charge in [0.05, 0.1) is 6.61 Å². The molecule has 0 aromatic heterocycles. The Kier molecular flexibility index (Phi) is 6.77. The van der Waals surface area contributed by atoms with Gasteiger partial charge in [-0.05, 0) is 31.6 Å². The lowest BCUT2D eigenvalue weighted by atomic mass is 10.0. The van der Waals surface area contributed by atoms with E-state index in [1.165, 1.54) is 6.42 Å². The second kappa shape index (κ2) is 7.94. The number of ether oxygens (including phenoxy) is 1. The van der Waals surface area contributed by atoms with Gasteiger partial charge in [0.1, 0.15) is 0 Å². The third-order valence-electron chi connectivity index (χ3n) is 2.63. The highest BCUT2D eigenvalue weighted by atomic mass is 35.5. The van der Waals surface area contributed by atoms with Crippen molar-refractivity contribution in [1.82, 2.24) is 5.32 Å². The van der Waals surface area contributed by atoms with Crippen molar-refractivity contribution >= 4 is 17.5 Å². The number of alkyl halides is 1. The van der Waals surface area contributed by atoms with Crippen molar-refractivity contribution in [3.63, 3.8) is 0 Å². The minimum atomic E-state index is 0.144. The van der Waals surface area contributed by atoms with Gasteiger partial charge >= 0.3 is 0 Å². The fourth-order valence-corrected chi connectivity index (χ4v) is 1.88. The first-order valence-corrected chi connectivity index (χ1v) is 6.27. The Balaban J connectivity index is 2.00. The number of hydrogen-bond acceptors (Lipinski definition) is 2. The molecule has 0 saturated carbocycles. The van der Waals surface area contributed by atoms with E-state index in [0.29, 0.717) is 18.2 Å². The molecule has 1 amide bonds. The van der Waals surface area contributed by atoms with E-state index in [9.17, 15) is 4.79 Å². The number of unbranched alkanes of at least 4 members (excludes halogenated alkanes) is 1. The Morgan fingerprint density at radius 1 is 1.47 bits per heavy atom. The predicted octanol–water partition coefficient (Wildman–Crippen LogP) is 1.94. The zero-order chi connectivity index (χ0) is 10.9. The SMILES string of the molecule is O=C(CCCCCl)NCC1CCCOC1. The van der Waals surface area contributed by atoms with Crippen LogP contribution >= 0.6 is 11.6 Å². The van der Waals surface area contributed by atoms with Gasteiger partial charge < -0.3 is 10.1 Å². The summed E-state index contributed by atoms with van der Waals surface area (Å²) in [6.45, 7) is 2.43. The largest absolute Gasteiger partial charge is 0.381 e. The van der Waals surface area contributed by atoms with E-state index in [0.717, 1.165) is 39.0 Å². The lowest BCUT2D eigenvalue weighted by molar-refractivity contribution is -0.121. The number of amides is 1. The van der Waals surface area contributed by atoms with Gasteiger partial charge in [-0.25, -0.2) is 0 Å². The van der Waals surface area contributed by atoms with Crippen LogP contribution in [0.25, 0.3) is 0 Å². The van der Waals surface area contributed by atoms with Crippen LogP contribution in [0.15, 0.2) is 0 Å². The van der Waals surface area contributed by atoms with Gasteiger partial charge in [0.15, 0.2) is 0 Å². The topological polar surface area (TPSA) is 38.3 Å². The Morgan fingerprint density at radius 3 is 3.00 bits per heavy atom. The summed E-state index contributed by atoms with van der Waals surface area (Å²) in [5.74, 6) is 1.30. The van der Waals surface area contributed by atoms with Gasteiger partial charge in [0, 0.05) is 25.5 Å². The number of halogens is 1. The van der Waals surface area contributed by atoms with Gasteiger partial charge in [-0.1, -0.05) is 0 Å². The van der Waals surface area contributed by atoms with Gasteiger partial charge in [-0.3, -0.25) is 4.79 Å². The molecule has 1 saturated heterocycles. The summed E-state index contributed by atoms with van der Waals surface area (Å²) in [5, 5.41) is 2.95. The fraction of sp³-hybridized carbons (Fsp3) is 0.909. The Bertz CT molecular complexity index is 181. The smallest absolute Gasteiger partial charge is 0.220 e. The molecule has 1 fully saturated rings. The van der Waals surface area contributed by atoms with Crippen LogP contribution in [0.1, 0.15) is 32.1 Å². The monoisotopic (exact) mass is 233 g/mol. The van der Waals surface area contributed by atoms with Crippen molar-refractivity contribution in [3.05, 3.63) is 0 Å². The molecule has 1 heterocycles. The second-order valence-electron chi connectivity index (χ2n) is 4.03. The molecule has 3 nitrogen and oxygen atoms in total. The van der Waals surface area contributed by atoms with Crippen LogP contribution in [0.2, 0.25) is 0 Å². The van der Waals surface area contributed by atoms with Crippen molar-refractivity contribution in [2.45, 2.75) is 32.1 Å². The van der Waals surface area contributed by atoms with E-state index in [2.05, 4.69) is 5.32 Å². The van der Waals surface area contributed by atoms with E-state index < -0.39 is 0 Å². The molecule has 1 aliphatic heterocycles. The van der Waals surface area contributed by atoms with Gasteiger partial charge in [-0.2, -0.15) is 0 Å². The minimum absolute atomic E-state index is 0.144. The molecular formula is C11H20ClNO2. The highest BCUT2D eigenvalue weighted by Crippen LogP contribution is 2.12. The molecule has 0 aromatic carbocycles. The molecule has 0 aliphatic carbocycles. The summed E-state index contributed by atoms with van der Waals surface area (Å²) in [6.07, 6.45) is 4.69. The Labute approximate surface area is 96.5 Å². The summed E-state index contributed by atoms with van der Waals surface area (Å²) < 4.78 is 5.34. The molecule has 1 atom stereocenters. The van der Waals surface area contributed by atoms with Crippen LogP contribution in [0.5, 0.6) is 0 Å². The van der Waals surface area contributed by atoms with Gasteiger partial charge in [0.25, 0.3) is 0 Å². The molecule has 0 spiro atoms. The fourth-order valence-electron chi connectivity index (χ4n) is 1.70. The zero-order valence-corrected chi connectivity index (χ0v) is 9.89. The van der Waals surface area contributed by atoms with Crippen LogP contribution in [0, 0.1) is 5.92 Å². The molecule has 15 heavy (non-hydrogen) atoms. The first-order valence-electron chi connectivity index (χ1n) is 5.73. The highest BCUT2D eigenvalue weighted by Gasteiger charge is 2.14. The standard InChI is InChI=1S/C11H20ClNO2/c12-6-2-1-5-11(14)13-8-10-4-3-7-15-9-10/h10H,1-9H2,(H,13,14). The van der Waals surface area contributed by atoms with Gasteiger partial charge in [-0.15, -0.1) is 11.6 Å². The molecule has 0 radical (unpaired) electrons. The predicted molar refractivity (Wildman–Crippen MR) is 61.1 cm³/mol.